The smallest absolute Gasteiger partial charge is 0.183 e. The van der Waals surface area contributed by atoms with E-state index in [0.29, 0.717) is 0 Å². The van der Waals surface area contributed by atoms with Gasteiger partial charge in [0, 0.05) is 6.61 Å². The molecule has 2 nitrogen and oxygen atoms in total. The summed E-state index contributed by atoms with van der Waals surface area (Å²) in [4.78, 5) is 0. The summed E-state index contributed by atoms with van der Waals surface area (Å²) >= 11 is 0. The summed E-state index contributed by atoms with van der Waals surface area (Å²) < 4.78 is 11.1. The van der Waals surface area contributed by atoms with E-state index < -0.39 is 8.32 Å². The van der Waals surface area contributed by atoms with Gasteiger partial charge in [0.1, 0.15) is 5.75 Å². The summed E-state index contributed by atoms with van der Waals surface area (Å²) in [5.74, 6) is 0.955. The van der Waals surface area contributed by atoms with Crippen LogP contribution >= 0.6 is 0 Å². The summed E-state index contributed by atoms with van der Waals surface area (Å²) in [7, 11) is 0.327. The second-order valence-corrected chi connectivity index (χ2v) is 9.04. The maximum Gasteiger partial charge on any atom is 0.183 e. The van der Waals surface area contributed by atoms with Crippen LogP contribution in [0, 0.1) is 0 Å². The van der Waals surface area contributed by atoms with E-state index in [1.807, 2.05) is 18.2 Å². The van der Waals surface area contributed by atoms with Gasteiger partial charge in [0.2, 0.25) is 0 Å². The van der Waals surface area contributed by atoms with E-state index >= 15 is 0 Å². The largest absolute Gasteiger partial charge is 0.496 e. The summed E-state index contributed by atoms with van der Waals surface area (Å²) in [5, 5.41) is 0. The Hall–Kier alpha value is -0.803. The van der Waals surface area contributed by atoms with Gasteiger partial charge < -0.3 is 9.16 Å². The minimum Gasteiger partial charge on any atom is -0.496 e. The summed E-state index contributed by atoms with van der Waals surface area (Å²) in [6.45, 7) is 7.40. The van der Waals surface area contributed by atoms with E-state index in [0.717, 1.165) is 18.8 Å². The Kier molecular flexibility index (Phi) is 4.36. The monoisotopic (exact) mass is 224 g/mol. The lowest BCUT2D eigenvalue weighted by Gasteiger charge is -2.17. The van der Waals surface area contributed by atoms with Crippen molar-refractivity contribution >= 4 is 8.32 Å². The highest BCUT2D eigenvalue weighted by Gasteiger charge is 2.13. The first kappa shape index (κ1) is 12.3. The maximum atomic E-state index is 5.82. The van der Waals surface area contributed by atoms with Gasteiger partial charge in [-0.3, -0.25) is 0 Å². The van der Waals surface area contributed by atoms with E-state index in [9.17, 15) is 0 Å². The fourth-order valence-electron chi connectivity index (χ4n) is 1.38. The van der Waals surface area contributed by atoms with Crippen LogP contribution in [0.25, 0.3) is 0 Å². The normalized spacial score (nSPS) is 11.5. The van der Waals surface area contributed by atoms with E-state index in [4.69, 9.17) is 9.16 Å². The Labute approximate surface area is 93.4 Å². The van der Waals surface area contributed by atoms with Crippen LogP contribution in [0.2, 0.25) is 19.6 Å². The summed E-state index contributed by atoms with van der Waals surface area (Å²) in [6.07, 6.45) is 0.925. The van der Waals surface area contributed by atoms with Crippen molar-refractivity contribution in [2.24, 2.45) is 0 Å². The number of rotatable bonds is 5. The van der Waals surface area contributed by atoms with Crippen molar-refractivity contribution < 1.29 is 9.16 Å². The van der Waals surface area contributed by atoms with E-state index in [1.54, 1.807) is 7.11 Å². The van der Waals surface area contributed by atoms with Crippen LogP contribution in [0.3, 0.4) is 0 Å². The number of ether oxygens (including phenoxy) is 1. The molecule has 0 radical (unpaired) electrons. The number of para-hydroxylation sites is 1. The lowest BCUT2D eigenvalue weighted by Crippen LogP contribution is -2.26. The third-order valence-corrected chi connectivity index (χ3v) is 3.17. The minimum absolute atomic E-state index is 0.788. The second-order valence-electron chi connectivity index (χ2n) is 4.52. The van der Waals surface area contributed by atoms with Crippen LogP contribution in [0.4, 0.5) is 0 Å². The number of benzene rings is 1. The van der Waals surface area contributed by atoms with Crippen LogP contribution < -0.4 is 4.74 Å². The predicted molar refractivity (Wildman–Crippen MR) is 66.0 cm³/mol. The Bertz CT molecular complexity index is 305. The van der Waals surface area contributed by atoms with Crippen molar-refractivity contribution in [2.75, 3.05) is 13.7 Å². The van der Waals surface area contributed by atoms with Crippen molar-refractivity contribution in [1.29, 1.82) is 0 Å². The van der Waals surface area contributed by atoms with Crippen LogP contribution in [-0.4, -0.2) is 22.0 Å². The average Bonchev–Trinajstić information content (AvgIpc) is 2.16. The predicted octanol–water partition coefficient (Wildman–Crippen LogP) is 3.09. The average molecular weight is 224 g/mol. The van der Waals surface area contributed by atoms with Gasteiger partial charge in [-0.05, 0) is 37.7 Å². The molecule has 0 aliphatic rings. The standard InChI is InChI=1S/C12H20O2Si/c1-13-12-8-6-5-7-11(12)9-10-14-15(2,3)4/h5-8H,9-10H2,1-4H3. The maximum absolute atomic E-state index is 5.82. The molecule has 0 unspecified atom stereocenters. The molecule has 0 atom stereocenters. The first-order valence-electron chi connectivity index (χ1n) is 5.29. The third kappa shape index (κ3) is 4.49. The molecule has 0 saturated heterocycles. The molecule has 0 aliphatic heterocycles. The zero-order chi connectivity index (χ0) is 11.3. The number of methoxy groups -OCH3 is 1. The van der Waals surface area contributed by atoms with Crippen LogP contribution in [0.5, 0.6) is 5.75 Å². The highest BCUT2D eigenvalue weighted by Crippen LogP contribution is 2.18. The molecule has 0 aromatic heterocycles. The molecule has 84 valence electrons. The molecule has 1 aromatic rings. The van der Waals surface area contributed by atoms with Gasteiger partial charge in [-0.2, -0.15) is 0 Å². The fourth-order valence-corrected chi connectivity index (χ4v) is 2.09. The highest BCUT2D eigenvalue weighted by atomic mass is 28.4. The molecule has 0 fully saturated rings. The Morgan fingerprint density at radius 3 is 2.40 bits per heavy atom. The topological polar surface area (TPSA) is 18.5 Å². The molecule has 0 spiro atoms. The third-order valence-electron chi connectivity index (χ3n) is 2.10. The highest BCUT2D eigenvalue weighted by molar-refractivity contribution is 6.69. The van der Waals surface area contributed by atoms with Gasteiger partial charge >= 0.3 is 0 Å². The molecule has 3 heteroatoms. The molecule has 15 heavy (non-hydrogen) atoms. The van der Waals surface area contributed by atoms with Crippen molar-refractivity contribution in [2.45, 2.75) is 26.1 Å². The van der Waals surface area contributed by atoms with E-state index in [2.05, 4.69) is 25.7 Å². The quantitative estimate of drug-likeness (QED) is 0.716. The van der Waals surface area contributed by atoms with E-state index in [1.165, 1.54) is 5.56 Å². The fraction of sp³-hybridized carbons (Fsp3) is 0.500. The molecule has 1 rings (SSSR count). The molecular formula is C12H20O2Si. The van der Waals surface area contributed by atoms with Gasteiger partial charge in [-0.25, -0.2) is 0 Å². The molecule has 0 saturated carbocycles. The van der Waals surface area contributed by atoms with Gasteiger partial charge in [-0.1, -0.05) is 18.2 Å². The zero-order valence-corrected chi connectivity index (χ0v) is 11.0. The van der Waals surface area contributed by atoms with Crippen molar-refractivity contribution in [3.63, 3.8) is 0 Å². The summed E-state index contributed by atoms with van der Waals surface area (Å²) in [6, 6.07) is 8.10. The van der Waals surface area contributed by atoms with Gasteiger partial charge in [-0.15, -0.1) is 0 Å². The van der Waals surface area contributed by atoms with Crippen molar-refractivity contribution in [1.82, 2.24) is 0 Å². The molecule has 1 aromatic carbocycles. The molecule has 0 N–H and O–H groups in total. The first-order chi connectivity index (χ1) is 7.03. The van der Waals surface area contributed by atoms with Gasteiger partial charge in [0.05, 0.1) is 7.11 Å². The zero-order valence-electron chi connectivity index (χ0n) is 10.0. The Balaban J connectivity index is 2.50. The Morgan fingerprint density at radius 1 is 1.13 bits per heavy atom. The lowest BCUT2D eigenvalue weighted by molar-refractivity contribution is 0.312. The van der Waals surface area contributed by atoms with Crippen molar-refractivity contribution in [3.05, 3.63) is 29.8 Å². The molecule has 0 amide bonds. The number of hydrogen-bond acceptors (Lipinski definition) is 2. The molecular weight excluding hydrogens is 204 g/mol. The Morgan fingerprint density at radius 2 is 1.80 bits per heavy atom. The molecule has 0 bridgehead atoms. The van der Waals surface area contributed by atoms with Gasteiger partial charge in [0.15, 0.2) is 8.32 Å². The summed E-state index contributed by atoms with van der Waals surface area (Å²) in [5.41, 5.74) is 1.22. The van der Waals surface area contributed by atoms with Crippen molar-refractivity contribution in [3.8, 4) is 5.75 Å². The lowest BCUT2D eigenvalue weighted by atomic mass is 10.1. The first-order valence-corrected chi connectivity index (χ1v) is 8.69. The molecule has 0 heterocycles. The number of hydrogen-bond donors (Lipinski definition) is 0. The van der Waals surface area contributed by atoms with Gasteiger partial charge in [0.25, 0.3) is 0 Å². The van der Waals surface area contributed by atoms with Crippen LogP contribution in [-0.2, 0) is 10.8 Å². The SMILES string of the molecule is COc1ccccc1CCO[Si](C)(C)C. The minimum atomic E-state index is -1.38. The second kappa shape index (κ2) is 5.33. The van der Waals surface area contributed by atoms with Crippen LogP contribution in [0.1, 0.15) is 5.56 Å². The molecule has 0 aliphatic carbocycles. The van der Waals surface area contributed by atoms with Crippen LogP contribution in [0.15, 0.2) is 24.3 Å². The van der Waals surface area contributed by atoms with E-state index in [-0.39, 0.29) is 0 Å².